The van der Waals surface area contributed by atoms with Crippen LogP contribution in [0.15, 0.2) is 6.58 Å². The van der Waals surface area contributed by atoms with Crippen LogP contribution in [-0.4, -0.2) is 315 Å². The van der Waals surface area contributed by atoms with E-state index < -0.39 is 192 Å². The molecule has 18 radical (unpaired) electrons. The molecule has 0 aromatic heterocycles. The summed E-state index contributed by atoms with van der Waals surface area (Å²) in [6.45, 7) is 30.0. The van der Waals surface area contributed by atoms with Crippen molar-refractivity contribution in [3.63, 3.8) is 0 Å². The van der Waals surface area contributed by atoms with E-state index in [0.717, 1.165) is 64.7 Å². The summed E-state index contributed by atoms with van der Waals surface area (Å²) in [6, 6.07) is -0.786. The normalized spacial score (nSPS) is 27.8. The number of carbonyl (C=O) groups excluding carboxylic acids is 17. The molecule has 45 nitrogen and oxygen atoms in total. The molecule has 63 heteroatoms. The van der Waals surface area contributed by atoms with Gasteiger partial charge in [-0.1, -0.05) is 110 Å². The van der Waals surface area contributed by atoms with Crippen LogP contribution in [0, 0.1) is 6.20 Å². The first-order chi connectivity index (χ1) is 49.9. The maximum Gasteiger partial charge on any atom is 0.196 e. The molecule has 0 aromatic carbocycles. The maximum absolute atomic E-state index is 11.3. The van der Waals surface area contributed by atoms with Crippen molar-refractivity contribution in [1.82, 2.24) is 5.32 Å². The number of hydrogen-bond donors (Lipinski definition) is 1. The summed E-state index contributed by atoms with van der Waals surface area (Å²) in [4.78, 5) is 186. The molecule has 5 heterocycles. The van der Waals surface area contributed by atoms with Crippen molar-refractivity contribution in [2.45, 2.75) is 213 Å². The zero-order valence-electron chi connectivity index (χ0n) is 64.3. The van der Waals surface area contributed by atoms with Gasteiger partial charge in [0.1, 0.15) is 104 Å². The first-order valence-electron chi connectivity index (χ1n) is 29.0. The SMILES string of the molecule is C=[C-]N[C@H]1C(OC(C)C)O[C@H](CO[C-]=O)[C@@H](O[C-]=O)[C@@H]1O[C-]=O.CC(C)OC1O[C@H](CO[C-]=O)[C@@H](O[C@@H]2O[C@H](CO[C-]=O)[C@H](O[C-]=O)[C@H](O[C-]=O)[C@H]2O[C-]=O)[C@H](O[C-]=O)[C@H]1O[C-]=O.CC(C)OC1O[C@H](CO[C-]=O)[C@@H](O[C@H]2O[C@H](CO[C-]=O)[C@@H](O[C-]=O)[C@H](O[C-]=O)[C@H]2O[C-]=O)[C@H](O[C-]=O)[C@H]1O[C-]=O.[Y].[Y].[Y].[Y].[Y].[Y].[Y].[Y].[Y].[Y].[Y].[Y].[Y].[Y].[Y].[Y].[Y].[Y]. The van der Waals surface area contributed by atoms with Crippen molar-refractivity contribution >= 4 is 110 Å². The van der Waals surface area contributed by atoms with Gasteiger partial charge in [0.05, 0.1) is 57.4 Å². The minimum absolute atomic E-state index is 0. The molecule has 5 rings (SSSR count). The summed E-state index contributed by atoms with van der Waals surface area (Å²) in [5, 5.41) is 2.70. The van der Waals surface area contributed by atoms with E-state index in [1.54, 1.807) is 41.5 Å². The fourth-order valence-corrected chi connectivity index (χ4v) is 10.2. The maximum atomic E-state index is 11.3. The predicted molar refractivity (Wildman–Crippen MR) is 303 cm³/mol. The minimum atomic E-state index is -1.84. The monoisotopic (exact) mass is 3070 g/mol. The van der Waals surface area contributed by atoms with E-state index in [1.807, 2.05) is 0 Å². The van der Waals surface area contributed by atoms with Gasteiger partial charge >= 0.3 is 0 Å². The first kappa shape index (κ1) is 167. The van der Waals surface area contributed by atoms with Gasteiger partial charge in [0.15, 0.2) is 43.7 Å². The number of rotatable bonds is 51. The third kappa shape index (κ3) is 59.6. The van der Waals surface area contributed by atoms with Crippen LogP contribution in [0.3, 0.4) is 0 Å². The molecule has 632 valence electrons. The van der Waals surface area contributed by atoms with Gasteiger partial charge in [0.2, 0.25) is 0 Å². The van der Waals surface area contributed by atoms with E-state index in [2.05, 4.69) is 41.8 Å². The van der Waals surface area contributed by atoms with Crippen molar-refractivity contribution in [3.8, 4) is 0 Å². The molecule has 25 atom stereocenters. The van der Waals surface area contributed by atoms with Crippen LogP contribution in [0.25, 0.3) is 0 Å². The molecule has 0 aromatic rings. The van der Waals surface area contributed by atoms with Crippen LogP contribution in [0.2, 0.25) is 0 Å². The third-order valence-corrected chi connectivity index (χ3v) is 13.8. The molecule has 1 N–H and O–H groups in total. The van der Waals surface area contributed by atoms with Crippen molar-refractivity contribution < 1.29 is 798 Å². The summed E-state index contributed by atoms with van der Waals surface area (Å²) in [6.07, 6.45) is -34.9. The van der Waals surface area contributed by atoms with Crippen LogP contribution in [-0.2, 0) is 798 Å². The number of ether oxygens (including phenoxy) is 27. The van der Waals surface area contributed by atoms with E-state index in [1.165, 1.54) is 45.3 Å². The van der Waals surface area contributed by atoms with Crippen molar-refractivity contribution in [3.05, 3.63) is 12.8 Å². The van der Waals surface area contributed by atoms with Gasteiger partial charge in [0, 0.05) is 589 Å². The Morgan fingerprint density at radius 2 is 0.405 bits per heavy atom. The van der Waals surface area contributed by atoms with Crippen molar-refractivity contribution in [1.29, 1.82) is 0 Å². The van der Waals surface area contributed by atoms with Gasteiger partial charge in [-0.15, -0.1) is 0 Å². The fraction of sp³-hybridized carbons (Fsp3) is 0.672. The number of hydrogen-bond acceptors (Lipinski definition) is 45. The zero-order chi connectivity index (χ0) is 76.2. The Morgan fingerprint density at radius 3 is 0.628 bits per heavy atom. The Morgan fingerprint density at radius 1 is 0.231 bits per heavy atom. The van der Waals surface area contributed by atoms with E-state index >= 15 is 0 Å². The average molecular weight is 3070 g/mol. The largest absolute Gasteiger partial charge is 0.651 e. The summed E-state index contributed by atoms with van der Waals surface area (Å²) in [5.74, 6) is 0. The van der Waals surface area contributed by atoms with Gasteiger partial charge in [-0.05, 0) is 41.5 Å². The van der Waals surface area contributed by atoms with E-state index in [4.69, 9.17) is 104 Å². The fourth-order valence-electron chi connectivity index (χ4n) is 10.2. The molecule has 5 aliphatic rings. The number of nitrogens with one attached hydrogen (secondary N) is 1. The van der Waals surface area contributed by atoms with Crippen LogP contribution >= 0.6 is 0 Å². The zero-order valence-corrected chi connectivity index (χ0v) is 115. The molecule has 0 aliphatic carbocycles. The van der Waals surface area contributed by atoms with Crippen LogP contribution < -0.4 is 5.32 Å². The Bertz CT molecular complexity index is 2540. The van der Waals surface area contributed by atoms with Gasteiger partial charge in [-0.3, -0.25) is 6.58 Å². The molecule has 5 aliphatic heterocycles. The van der Waals surface area contributed by atoms with Crippen molar-refractivity contribution in [2.24, 2.45) is 0 Å². The van der Waals surface area contributed by atoms with E-state index in [9.17, 15) is 81.5 Å². The molecule has 0 bridgehead atoms. The van der Waals surface area contributed by atoms with E-state index in [0.29, 0.717) is 0 Å². The third-order valence-electron chi connectivity index (χ3n) is 13.8. The Kier molecular flexibility index (Phi) is 142. The van der Waals surface area contributed by atoms with Crippen LogP contribution in [0.5, 0.6) is 0 Å². The topological polar surface area (TPSA) is 551 Å². The minimum Gasteiger partial charge on any atom is -0.651 e. The molecule has 0 amide bonds. The average Bonchev–Trinajstić information content (AvgIpc) is 0.776. The quantitative estimate of drug-likeness (QED) is 0.0336. The van der Waals surface area contributed by atoms with Gasteiger partial charge in [0.25, 0.3) is 0 Å². The molecular formula is C58H59NO44Y18-18. The van der Waals surface area contributed by atoms with E-state index in [-0.39, 0.29) is 601 Å². The molecular weight excluding hydrogens is 3010 g/mol. The predicted octanol–water partition coefficient (Wildman–Crippen LogP) is -7.66. The van der Waals surface area contributed by atoms with Gasteiger partial charge in [-0.25, -0.2) is 0 Å². The second-order valence-electron chi connectivity index (χ2n) is 20.8. The second-order valence-corrected chi connectivity index (χ2v) is 20.8. The second kappa shape index (κ2) is 103. The molecule has 0 spiro atoms. The van der Waals surface area contributed by atoms with Crippen LogP contribution in [0.1, 0.15) is 41.5 Å². The summed E-state index contributed by atoms with van der Waals surface area (Å²) in [5.41, 5.74) is 0. The first-order valence-corrected chi connectivity index (χ1v) is 29.0. The molecule has 5 saturated heterocycles. The smallest absolute Gasteiger partial charge is 0.196 e. The Labute approximate surface area is 1150 Å². The summed E-state index contributed by atoms with van der Waals surface area (Å²) < 4.78 is 138. The summed E-state index contributed by atoms with van der Waals surface area (Å²) >= 11 is 0. The molecule has 5 fully saturated rings. The molecule has 0 saturated carbocycles. The summed E-state index contributed by atoms with van der Waals surface area (Å²) in [7, 11) is 0. The Balaban J connectivity index is -0.0000000935. The van der Waals surface area contributed by atoms with Crippen LogP contribution in [0.4, 0.5) is 0 Å². The molecule has 121 heavy (non-hydrogen) atoms. The van der Waals surface area contributed by atoms with Gasteiger partial charge < -0.3 is 221 Å². The molecule has 3 unspecified atom stereocenters. The standard InChI is InChI=1S/2C22H21O18.C14H17NO8.18Y/c2*1-12(2)37-21-20(36-11-29)18(34-9-27)16(14(39-21)4-31-6-24)40-22-19(35-10-28)17(33-8-26)15(32-7-25)13(38-22)3-30-5-23;1-4-15-11-13(21-8-18)12(20-7-17)10(5-19-6-16)23-14(11)22-9(2)3;;;;;;;;;;;;;;;;;;/h2*12-22H,3-4H2,1-2H3;9-15H,1,5H2,2-3H3;;;;;;;;;;;;;;;;;;/q2*-7;-4;;;;;;;;;;;;;;;;;;/t13-,14-,15+,16-,17+,18+,19-,20-,21?,22+;13-,14-,15-,16-,17+,18+,19-,20-,21?,22-;10-,11-,12-,13-,14?;;;;;;;;;;;;;;;;;;/m111................../s1. The van der Waals surface area contributed by atoms with Crippen molar-refractivity contribution in [2.75, 3.05) is 33.0 Å². The Hall–Kier alpha value is 10.0. The van der Waals surface area contributed by atoms with Gasteiger partial charge in [-0.2, -0.15) is 0 Å².